The molecule has 13 heavy (non-hydrogen) atoms. The average molecular weight is 205 g/mol. The summed E-state index contributed by atoms with van der Waals surface area (Å²) in [6.07, 6.45) is 2.40. The first-order chi connectivity index (χ1) is 5.98. The summed E-state index contributed by atoms with van der Waals surface area (Å²) in [5.74, 6) is 0.633. The zero-order chi connectivity index (χ0) is 10.1. The molecule has 0 radical (unpaired) electrons. The predicted molar refractivity (Wildman–Crippen MR) is 54.0 cm³/mol. The van der Waals surface area contributed by atoms with Gasteiger partial charge in [-0.1, -0.05) is 6.92 Å². The van der Waals surface area contributed by atoms with Crippen LogP contribution in [0, 0.1) is 5.92 Å². The predicted octanol–water partition coefficient (Wildman–Crippen LogP) is 1.46. The summed E-state index contributed by atoms with van der Waals surface area (Å²) in [6.45, 7) is 6.73. The van der Waals surface area contributed by atoms with Gasteiger partial charge < -0.3 is 0 Å². The first-order valence-electron chi connectivity index (χ1n) is 4.97. The third-order valence-corrected chi connectivity index (χ3v) is 4.79. The molecule has 3 nitrogen and oxygen atoms in total. The van der Waals surface area contributed by atoms with Gasteiger partial charge in [0.15, 0.2) is 0 Å². The van der Waals surface area contributed by atoms with Gasteiger partial charge in [0.25, 0.3) is 0 Å². The third-order valence-electron chi connectivity index (χ3n) is 2.47. The summed E-state index contributed by atoms with van der Waals surface area (Å²) in [7, 11) is -3.01. The van der Waals surface area contributed by atoms with E-state index in [-0.39, 0.29) is 5.25 Å². The van der Waals surface area contributed by atoms with Crippen LogP contribution < -0.4 is 0 Å². The summed E-state index contributed by atoms with van der Waals surface area (Å²) >= 11 is 0. The minimum Gasteiger partial charge on any atom is -0.212 e. The van der Waals surface area contributed by atoms with Crippen LogP contribution >= 0.6 is 0 Å². The van der Waals surface area contributed by atoms with Gasteiger partial charge in [-0.3, -0.25) is 0 Å². The molecular formula is C9H19NO2S. The maximum absolute atomic E-state index is 11.8. The van der Waals surface area contributed by atoms with Gasteiger partial charge in [-0.05, 0) is 32.6 Å². The van der Waals surface area contributed by atoms with E-state index in [0.717, 1.165) is 6.54 Å². The molecule has 0 unspecified atom stereocenters. The van der Waals surface area contributed by atoms with E-state index in [1.807, 2.05) is 6.92 Å². The molecule has 0 N–H and O–H groups in total. The molecule has 0 aliphatic heterocycles. The largest absolute Gasteiger partial charge is 0.216 e. The molecule has 0 bridgehead atoms. The Morgan fingerprint density at radius 2 is 1.92 bits per heavy atom. The second-order valence-electron chi connectivity index (χ2n) is 3.99. The zero-order valence-electron chi connectivity index (χ0n) is 8.66. The van der Waals surface area contributed by atoms with Gasteiger partial charge in [-0.2, -0.15) is 0 Å². The van der Waals surface area contributed by atoms with Crippen LogP contribution in [0.4, 0.5) is 0 Å². The standard InChI is InChI=1S/C9H19NO2S/c1-4-10(7-9-5-6-9)13(11,12)8(2)3/h8-9H,4-7H2,1-3H3. The normalized spacial score (nSPS) is 18.5. The summed E-state index contributed by atoms with van der Waals surface area (Å²) in [5, 5.41) is -0.286. The Morgan fingerprint density at radius 1 is 1.38 bits per heavy atom. The number of hydrogen-bond donors (Lipinski definition) is 0. The van der Waals surface area contributed by atoms with E-state index in [0.29, 0.717) is 12.5 Å². The smallest absolute Gasteiger partial charge is 0.212 e. The van der Waals surface area contributed by atoms with Crippen molar-refractivity contribution in [3.8, 4) is 0 Å². The lowest BCUT2D eigenvalue weighted by Gasteiger charge is -2.22. The number of nitrogens with zero attached hydrogens (tertiary/aromatic N) is 1. The minimum absolute atomic E-state index is 0.286. The zero-order valence-corrected chi connectivity index (χ0v) is 9.47. The number of hydrogen-bond acceptors (Lipinski definition) is 2. The molecule has 0 aromatic rings. The van der Waals surface area contributed by atoms with Crippen molar-refractivity contribution >= 4 is 10.0 Å². The van der Waals surface area contributed by atoms with Crippen molar-refractivity contribution in [2.24, 2.45) is 5.92 Å². The summed E-state index contributed by atoms with van der Waals surface area (Å²) in [4.78, 5) is 0. The second-order valence-corrected chi connectivity index (χ2v) is 6.48. The maximum Gasteiger partial charge on any atom is 0.216 e. The molecule has 1 aliphatic rings. The number of rotatable bonds is 5. The minimum atomic E-state index is -3.01. The van der Waals surface area contributed by atoms with Crippen LogP contribution in [0.3, 0.4) is 0 Å². The molecule has 0 heterocycles. The average Bonchev–Trinajstić information content (AvgIpc) is 2.82. The van der Waals surface area contributed by atoms with E-state index in [9.17, 15) is 8.42 Å². The molecule has 0 spiro atoms. The van der Waals surface area contributed by atoms with Crippen molar-refractivity contribution in [3.63, 3.8) is 0 Å². The summed E-state index contributed by atoms with van der Waals surface area (Å²) in [6, 6.07) is 0. The van der Waals surface area contributed by atoms with Crippen molar-refractivity contribution in [3.05, 3.63) is 0 Å². The Bertz CT molecular complexity index is 255. The van der Waals surface area contributed by atoms with Crippen LogP contribution in [0.15, 0.2) is 0 Å². The fraction of sp³-hybridized carbons (Fsp3) is 1.00. The van der Waals surface area contributed by atoms with Crippen LogP contribution in [0.25, 0.3) is 0 Å². The lowest BCUT2D eigenvalue weighted by Crippen LogP contribution is -2.37. The Hall–Kier alpha value is -0.0900. The van der Waals surface area contributed by atoms with Gasteiger partial charge in [0.2, 0.25) is 10.0 Å². The SMILES string of the molecule is CCN(CC1CC1)S(=O)(=O)C(C)C. The molecular weight excluding hydrogens is 186 g/mol. The Kier molecular flexibility index (Phi) is 3.35. The first kappa shape index (κ1) is 11.0. The molecule has 0 saturated heterocycles. The van der Waals surface area contributed by atoms with Gasteiger partial charge in [0.05, 0.1) is 5.25 Å². The molecule has 0 aromatic carbocycles. The van der Waals surface area contributed by atoms with Gasteiger partial charge in [0, 0.05) is 13.1 Å². The molecule has 78 valence electrons. The molecule has 1 rings (SSSR count). The van der Waals surface area contributed by atoms with Crippen LogP contribution in [0.1, 0.15) is 33.6 Å². The van der Waals surface area contributed by atoms with E-state index >= 15 is 0 Å². The van der Waals surface area contributed by atoms with Gasteiger partial charge in [-0.15, -0.1) is 0 Å². The second kappa shape index (κ2) is 3.96. The highest BCUT2D eigenvalue weighted by Crippen LogP contribution is 2.30. The van der Waals surface area contributed by atoms with Crippen LogP contribution in [-0.2, 0) is 10.0 Å². The lowest BCUT2D eigenvalue weighted by molar-refractivity contribution is 0.407. The van der Waals surface area contributed by atoms with E-state index in [4.69, 9.17) is 0 Å². The molecule has 0 atom stereocenters. The van der Waals surface area contributed by atoms with E-state index in [2.05, 4.69) is 0 Å². The van der Waals surface area contributed by atoms with Crippen LogP contribution in [0.2, 0.25) is 0 Å². The Labute approximate surface area is 81.2 Å². The molecule has 1 aliphatic carbocycles. The molecule has 4 heteroatoms. The maximum atomic E-state index is 11.8. The first-order valence-corrected chi connectivity index (χ1v) is 6.47. The lowest BCUT2D eigenvalue weighted by atomic mass is 10.4. The monoisotopic (exact) mass is 205 g/mol. The van der Waals surface area contributed by atoms with E-state index in [1.54, 1.807) is 18.2 Å². The fourth-order valence-electron chi connectivity index (χ4n) is 1.30. The fourth-order valence-corrected chi connectivity index (χ4v) is 2.67. The molecule has 1 fully saturated rings. The molecule has 0 amide bonds. The Balaban J connectivity index is 2.63. The van der Waals surface area contributed by atoms with Crippen molar-refractivity contribution in [1.82, 2.24) is 4.31 Å². The van der Waals surface area contributed by atoms with E-state index < -0.39 is 10.0 Å². The van der Waals surface area contributed by atoms with Crippen LogP contribution in [-0.4, -0.2) is 31.1 Å². The highest BCUT2D eigenvalue weighted by Gasteiger charge is 2.31. The van der Waals surface area contributed by atoms with Gasteiger partial charge in [0.1, 0.15) is 0 Å². The summed E-state index contributed by atoms with van der Waals surface area (Å²) < 4.78 is 25.1. The van der Waals surface area contributed by atoms with E-state index in [1.165, 1.54) is 12.8 Å². The van der Waals surface area contributed by atoms with Gasteiger partial charge >= 0.3 is 0 Å². The number of sulfonamides is 1. The summed E-state index contributed by atoms with van der Waals surface area (Å²) in [5.41, 5.74) is 0. The van der Waals surface area contributed by atoms with Gasteiger partial charge in [-0.25, -0.2) is 12.7 Å². The van der Waals surface area contributed by atoms with Crippen molar-refractivity contribution in [2.75, 3.05) is 13.1 Å². The quantitative estimate of drug-likeness (QED) is 0.681. The Morgan fingerprint density at radius 3 is 2.23 bits per heavy atom. The van der Waals surface area contributed by atoms with Crippen LogP contribution in [0.5, 0.6) is 0 Å². The van der Waals surface area contributed by atoms with Crippen molar-refractivity contribution in [1.29, 1.82) is 0 Å². The highest BCUT2D eigenvalue weighted by atomic mass is 32.2. The van der Waals surface area contributed by atoms with Crippen molar-refractivity contribution in [2.45, 2.75) is 38.9 Å². The molecule has 0 aromatic heterocycles. The topological polar surface area (TPSA) is 37.4 Å². The molecule has 1 saturated carbocycles. The highest BCUT2D eigenvalue weighted by molar-refractivity contribution is 7.89. The van der Waals surface area contributed by atoms with Crippen molar-refractivity contribution < 1.29 is 8.42 Å². The third kappa shape index (κ3) is 2.68.